The van der Waals surface area contributed by atoms with Crippen molar-refractivity contribution in [3.63, 3.8) is 0 Å². The molecule has 0 saturated carbocycles. The molecule has 0 amide bonds. The van der Waals surface area contributed by atoms with E-state index in [1.54, 1.807) is 12.1 Å². The van der Waals surface area contributed by atoms with E-state index in [0.717, 1.165) is 11.3 Å². The van der Waals surface area contributed by atoms with Gasteiger partial charge in [-0.05, 0) is 12.1 Å². The zero-order valence-corrected chi connectivity index (χ0v) is 10.6. The van der Waals surface area contributed by atoms with E-state index in [4.69, 9.17) is 21.2 Å². The lowest BCUT2D eigenvalue weighted by molar-refractivity contribution is 0.0652. The van der Waals surface area contributed by atoms with E-state index in [9.17, 15) is 4.79 Å². The highest BCUT2D eigenvalue weighted by atomic mass is 35.5. The quantitative estimate of drug-likeness (QED) is 0.925. The minimum absolute atomic E-state index is 0.189. The van der Waals surface area contributed by atoms with Gasteiger partial charge in [-0.3, -0.25) is 0 Å². The molecule has 0 bridgehead atoms. The molecule has 0 aliphatic carbocycles. The average molecular weight is 267 g/mol. The lowest BCUT2D eigenvalue weighted by Crippen LogP contribution is -2.09. The maximum Gasteiger partial charge on any atom is 0.374 e. The molecular weight excluding hydrogens is 256 g/mol. The van der Waals surface area contributed by atoms with Crippen molar-refractivity contribution in [1.29, 1.82) is 0 Å². The molecule has 1 aromatic heterocycles. The molecule has 94 valence electrons. The summed E-state index contributed by atoms with van der Waals surface area (Å²) in [6.07, 6.45) is 0. The second-order valence-electron chi connectivity index (χ2n) is 3.94. The molecule has 18 heavy (non-hydrogen) atoms. The van der Waals surface area contributed by atoms with Gasteiger partial charge in [0.1, 0.15) is 5.69 Å². The number of halogens is 1. The predicted octanol–water partition coefficient (Wildman–Crippen LogP) is 2.76. The van der Waals surface area contributed by atoms with Crippen LogP contribution in [0.5, 0.6) is 0 Å². The largest absolute Gasteiger partial charge is 0.475 e. The van der Waals surface area contributed by atoms with Crippen molar-refractivity contribution in [3.05, 3.63) is 35.0 Å². The van der Waals surface area contributed by atoms with Gasteiger partial charge < -0.3 is 14.5 Å². The lowest BCUT2D eigenvalue weighted by Gasteiger charge is -2.14. The summed E-state index contributed by atoms with van der Waals surface area (Å²) in [6, 6.07) is 6.71. The monoisotopic (exact) mass is 266 g/mol. The molecule has 0 spiro atoms. The first-order chi connectivity index (χ1) is 8.49. The third kappa shape index (κ3) is 2.31. The van der Waals surface area contributed by atoms with Crippen molar-refractivity contribution >= 4 is 23.3 Å². The van der Waals surface area contributed by atoms with Crippen molar-refractivity contribution in [2.24, 2.45) is 0 Å². The molecule has 1 aromatic carbocycles. The molecular formula is C12H11ClN2O3. The first-order valence-electron chi connectivity index (χ1n) is 5.16. The molecule has 0 aliphatic heterocycles. The molecule has 2 aromatic rings. The Kier molecular flexibility index (Phi) is 3.25. The number of aromatic carboxylic acids is 1. The molecule has 0 unspecified atom stereocenters. The summed E-state index contributed by atoms with van der Waals surface area (Å²) in [4.78, 5) is 12.6. The lowest BCUT2D eigenvalue weighted by atomic mass is 10.1. The van der Waals surface area contributed by atoms with Crippen molar-refractivity contribution in [2.45, 2.75) is 0 Å². The van der Waals surface area contributed by atoms with E-state index in [1.807, 2.05) is 25.1 Å². The number of hydrogen-bond acceptors (Lipinski definition) is 4. The third-order valence-electron chi connectivity index (χ3n) is 2.44. The fourth-order valence-corrected chi connectivity index (χ4v) is 1.81. The Labute approximate surface area is 109 Å². The van der Waals surface area contributed by atoms with E-state index < -0.39 is 5.97 Å². The van der Waals surface area contributed by atoms with Crippen LogP contribution in [0.3, 0.4) is 0 Å². The van der Waals surface area contributed by atoms with Gasteiger partial charge in [-0.15, -0.1) is 0 Å². The van der Waals surface area contributed by atoms with Crippen molar-refractivity contribution in [3.8, 4) is 11.3 Å². The Morgan fingerprint density at radius 1 is 1.39 bits per heavy atom. The minimum Gasteiger partial charge on any atom is -0.475 e. The fraction of sp³-hybridized carbons (Fsp3) is 0.167. The number of benzene rings is 1. The van der Waals surface area contributed by atoms with Crippen LogP contribution in [0.2, 0.25) is 5.02 Å². The second kappa shape index (κ2) is 4.70. The topological polar surface area (TPSA) is 66.6 Å². The van der Waals surface area contributed by atoms with Crippen molar-refractivity contribution < 1.29 is 14.4 Å². The summed E-state index contributed by atoms with van der Waals surface area (Å²) >= 11 is 6.05. The highest BCUT2D eigenvalue weighted by molar-refractivity contribution is 6.33. The number of rotatable bonds is 3. The molecule has 5 nitrogen and oxygen atoms in total. The predicted molar refractivity (Wildman–Crippen MR) is 68.2 cm³/mol. The fourth-order valence-electron chi connectivity index (χ4n) is 1.53. The minimum atomic E-state index is -1.14. The molecule has 6 heteroatoms. The molecule has 0 aliphatic rings. The average Bonchev–Trinajstić information content (AvgIpc) is 2.78. The zero-order chi connectivity index (χ0) is 13.3. The molecule has 0 fully saturated rings. The summed E-state index contributed by atoms with van der Waals surface area (Å²) in [7, 11) is 3.74. The number of hydrogen-bond donors (Lipinski definition) is 1. The summed E-state index contributed by atoms with van der Waals surface area (Å²) < 4.78 is 4.71. The van der Waals surface area contributed by atoms with Crippen LogP contribution in [-0.2, 0) is 0 Å². The molecule has 2 rings (SSSR count). The van der Waals surface area contributed by atoms with Gasteiger partial charge >= 0.3 is 5.97 Å². The van der Waals surface area contributed by atoms with Crippen LogP contribution < -0.4 is 4.90 Å². The van der Waals surface area contributed by atoms with Gasteiger partial charge in [-0.1, -0.05) is 22.8 Å². The second-order valence-corrected chi connectivity index (χ2v) is 4.35. The van der Waals surface area contributed by atoms with Crippen molar-refractivity contribution in [2.75, 3.05) is 19.0 Å². The van der Waals surface area contributed by atoms with Crippen LogP contribution in [0, 0.1) is 0 Å². The number of nitrogens with zero attached hydrogens (tertiary/aromatic N) is 2. The summed E-state index contributed by atoms with van der Waals surface area (Å²) in [5.74, 6) is -1.33. The first-order valence-corrected chi connectivity index (χ1v) is 5.54. The maximum atomic E-state index is 10.7. The Hall–Kier alpha value is -2.01. The Morgan fingerprint density at radius 2 is 2.11 bits per heavy atom. The molecule has 1 N–H and O–H groups in total. The van der Waals surface area contributed by atoms with Gasteiger partial charge in [0.15, 0.2) is 0 Å². The molecule has 0 saturated heterocycles. The standard InChI is InChI=1S/C12H11ClN2O3/c1-15(2)10-5-7(3-4-8(10)13)9-6-11(12(16)17)18-14-9/h3-6H,1-2H3,(H,16,17). The van der Waals surface area contributed by atoms with Crippen LogP contribution in [0.4, 0.5) is 5.69 Å². The number of aromatic nitrogens is 1. The van der Waals surface area contributed by atoms with Gasteiger partial charge in [0, 0.05) is 25.7 Å². The van der Waals surface area contributed by atoms with Crippen LogP contribution in [0.25, 0.3) is 11.3 Å². The number of carbonyl (C=O) groups is 1. The SMILES string of the molecule is CN(C)c1cc(-c2cc(C(=O)O)on2)ccc1Cl. The van der Waals surface area contributed by atoms with Gasteiger partial charge in [0.05, 0.1) is 10.7 Å². The summed E-state index contributed by atoms with van der Waals surface area (Å²) in [5, 5.41) is 13.1. The Morgan fingerprint density at radius 3 is 2.67 bits per heavy atom. The van der Waals surface area contributed by atoms with E-state index in [-0.39, 0.29) is 5.76 Å². The number of anilines is 1. The maximum absolute atomic E-state index is 10.7. The smallest absolute Gasteiger partial charge is 0.374 e. The van der Waals surface area contributed by atoms with Crippen molar-refractivity contribution in [1.82, 2.24) is 5.16 Å². The normalized spacial score (nSPS) is 10.4. The van der Waals surface area contributed by atoms with E-state index in [2.05, 4.69) is 5.16 Å². The third-order valence-corrected chi connectivity index (χ3v) is 2.76. The summed E-state index contributed by atoms with van der Waals surface area (Å²) in [5.41, 5.74) is 2.04. The van der Waals surface area contributed by atoms with E-state index in [1.165, 1.54) is 6.07 Å². The number of carboxylic acids is 1. The van der Waals surface area contributed by atoms with Gasteiger partial charge in [-0.25, -0.2) is 4.79 Å². The highest BCUT2D eigenvalue weighted by Gasteiger charge is 2.13. The van der Waals surface area contributed by atoms with E-state index >= 15 is 0 Å². The van der Waals surface area contributed by atoms with Crippen LogP contribution in [0.1, 0.15) is 10.6 Å². The zero-order valence-electron chi connectivity index (χ0n) is 9.85. The Balaban J connectivity index is 2.44. The molecule has 0 atom stereocenters. The highest BCUT2D eigenvalue weighted by Crippen LogP contribution is 2.30. The Bertz CT molecular complexity index is 593. The first kappa shape index (κ1) is 12.4. The molecule has 1 heterocycles. The van der Waals surface area contributed by atoms with E-state index in [0.29, 0.717) is 10.7 Å². The van der Waals surface area contributed by atoms with Gasteiger partial charge in [0.2, 0.25) is 5.76 Å². The van der Waals surface area contributed by atoms with Crippen LogP contribution >= 0.6 is 11.6 Å². The summed E-state index contributed by atoms with van der Waals surface area (Å²) in [6.45, 7) is 0. The van der Waals surface area contributed by atoms with Gasteiger partial charge in [0.25, 0.3) is 0 Å². The van der Waals surface area contributed by atoms with Crippen LogP contribution in [0.15, 0.2) is 28.8 Å². The number of carboxylic acid groups (broad SMARTS) is 1. The van der Waals surface area contributed by atoms with Gasteiger partial charge in [-0.2, -0.15) is 0 Å². The van der Waals surface area contributed by atoms with Crippen LogP contribution in [-0.4, -0.2) is 30.3 Å². The molecule has 0 radical (unpaired) electrons.